The molecule has 0 aliphatic carbocycles. The van der Waals surface area contributed by atoms with E-state index in [-0.39, 0.29) is 5.41 Å². The summed E-state index contributed by atoms with van der Waals surface area (Å²) in [6, 6.07) is 8.90. The van der Waals surface area contributed by atoms with Crippen LogP contribution < -0.4 is 11.1 Å². The van der Waals surface area contributed by atoms with Crippen molar-refractivity contribution < 1.29 is 0 Å². The van der Waals surface area contributed by atoms with Crippen LogP contribution in [0.3, 0.4) is 0 Å². The van der Waals surface area contributed by atoms with Crippen LogP contribution in [0.5, 0.6) is 0 Å². The fourth-order valence-corrected chi connectivity index (χ4v) is 1.41. The van der Waals surface area contributed by atoms with Gasteiger partial charge in [-0.15, -0.1) is 0 Å². The molecule has 0 fully saturated rings. The third kappa shape index (κ3) is 3.56. The molecule has 1 aromatic rings. The van der Waals surface area contributed by atoms with Gasteiger partial charge in [0.05, 0.1) is 0 Å². The Balaban J connectivity index is 2.73. The first-order chi connectivity index (χ1) is 6.93. The quantitative estimate of drug-likeness (QED) is 0.798. The number of nitrogens with two attached hydrogens (primary N) is 1. The molecular weight excluding hydrogens is 184 g/mol. The first kappa shape index (κ1) is 12.1. The summed E-state index contributed by atoms with van der Waals surface area (Å²) in [5.41, 5.74) is 8.27. The summed E-state index contributed by atoms with van der Waals surface area (Å²) >= 11 is 0. The second kappa shape index (κ2) is 4.67. The molecule has 1 atom stereocenters. The van der Waals surface area contributed by atoms with E-state index in [0.717, 1.165) is 5.69 Å². The average molecular weight is 206 g/mol. The van der Waals surface area contributed by atoms with E-state index in [9.17, 15) is 0 Å². The van der Waals surface area contributed by atoms with Crippen molar-refractivity contribution in [3.05, 3.63) is 29.8 Å². The standard InChI is InChI=1S/C13H22N2/c1-10(9-14)15-12-7-5-11(6-8-12)13(2,3)4/h5-8,10,15H,9,14H2,1-4H3. The van der Waals surface area contributed by atoms with E-state index in [2.05, 4.69) is 57.3 Å². The molecule has 0 saturated heterocycles. The van der Waals surface area contributed by atoms with Gasteiger partial charge < -0.3 is 11.1 Å². The van der Waals surface area contributed by atoms with Crippen molar-refractivity contribution in [2.45, 2.75) is 39.2 Å². The molecule has 1 unspecified atom stereocenters. The highest BCUT2D eigenvalue weighted by Crippen LogP contribution is 2.23. The van der Waals surface area contributed by atoms with Crippen molar-refractivity contribution in [1.29, 1.82) is 0 Å². The van der Waals surface area contributed by atoms with Gasteiger partial charge in [-0.25, -0.2) is 0 Å². The van der Waals surface area contributed by atoms with E-state index in [0.29, 0.717) is 12.6 Å². The van der Waals surface area contributed by atoms with Crippen molar-refractivity contribution in [3.8, 4) is 0 Å². The minimum atomic E-state index is 0.220. The summed E-state index contributed by atoms with van der Waals surface area (Å²) in [4.78, 5) is 0. The first-order valence-corrected chi connectivity index (χ1v) is 5.50. The smallest absolute Gasteiger partial charge is 0.0355 e. The van der Waals surface area contributed by atoms with E-state index < -0.39 is 0 Å². The Labute approximate surface area is 92.9 Å². The molecule has 84 valence electrons. The summed E-state index contributed by atoms with van der Waals surface area (Å²) in [5, 5.41) is 3.35. The Bertz CT molecular complexity index is 295. The number of rotatable bonds is 3. The normalized spacial score (nSPS) is 13.7. The zero-order valence-corrected chi connectivity index (χ0v) is 10.2. The molecule has 0 aliphatic heterocycles. The lowest BCUT2D eigenvalue weighted by atomic mass is 9.87. The van der Waals surface area contributed by atoms with Gasteiger partial charge in [-0.1, -0.05) is 32.9 Å². The van der Waals surface area contributed by atoms with Crippen LogP contribution in [0, 0.1) is 0 Å². The lowest BCUT2D eigenvalue weighted by Crippen LogP contribution is -2.25. The zero-order valence-electron chi connectivity index (χ0n) is 10.2. The predicted octanol–water partition coefficient (Wildman–Crippen LogP) is 2.74. The molecule has 0 saturated carbocycles. The van der Waals surface area contributed by atoms with Gasteiger partial charge in [0, 0.05) is 18.3 Å². The first-order valence-electron chi connectivity index (χ1n) is 5.50. The lowest BCUT2D eigenvalue weighted by molar-refractivity contribution is 0.590. The van der Waals surface area contributed by atoms with E-state index >= 15 is 0 Å². The van der Waals surface area contributed by atoms with Gasteiger partial charge >= 0.3 is 0 Å². The Kier molecular flexibility index (Phi) is 3.75. The average Bonchev–Trinajstić information content (AvgIpc) is 2.17. The van der Waals surface area contributed by atoms with E-state index in [1.54, 1.807) is 0 Å². The maximum atomic E-state index is 5.56. The maximum Gasteiger partial charge on any atom is 0.0355 e. The number of benzene rings is 1. The topological polar surface area (TPSA) is 38.0 Å². The monoisotopic (exact) mass is 206 g/mol. The molecule has 0 aromatic heterocycles. The molecule has 0 heterocycles. The summed E-state index contributed by atoms with van der Waals surface area (Å²) in [6.45, 7) is 9.40. The highest BCUT2D eigenvalue weighted by atomic mass is 14.9. The molecule has 1 rings (SSSR count). The summed E-state index contributed by atoms with van der Waals surface area (Å²) in [6.07, 6.45) is 0. The fourth-order valence-electron chi connectivity index (χ4n) is 1.41. The fraction of sp³-hybridized carbons (Fsp3) is 0.538. The lowest BCUT2D eigenvalue weighted by Gasteiger charge is -2.20. The van der Waals surface area contributed by atoms with Gasteiger partial charge in [0.2, 0.25) is 0 Å². The molecule has 15 heavy (non-hydrogen) atoms. The molecule has 2 heteroatoms. The van der Waals surface area contributed by atoms with Gasteiger partial charge in [-0.3, -0.25) is 0 Å². The molecule has 0 aliphatic rings. The van der Waals surface area contributed by atoms with Crippen molar-refractivity contribution >= 4 is 5.69 Å². The van der Waals surface area contributed by atoms with Crippen LogP contribution >= 0.6 is 0 Å². The predicted molar refractivity (Wildman–Crippen MR) is 67.3 cm³/mol. The molecule has 0 bridgehead atoms. The van der Waals surface area contributed by atoms with Gasteiger partial charge in [0.1, 0.15) is 0 Å². The second-order valence-corrected chi connectivity index (χ2v) is 5.11. The van der Waals surface area contributed by atoms with Crippen molar-refractivity contribution in [1.82, 2.24) is 0 Å². The molecular formula is C13H22N2. The van der Waals surface area contributed by atoms with Gasteiger partial charge in [0.15, 0.2) is 0 Å². The largest absolute Gasteiger partial charge is 0.381 e. The maximum absolute atomic E-state index is 5.56. The minimum Gasteiger partial charge on any atom is -0.381 e. The molecule has 2 nitrogen and oxygen atoms in total. The highest BCUT2D eigenvalue weighted by molar-refractivity contribution is 5.46. The van der Waals surface area contributed by atoms with E-state index in [1.165, 1.54) is 5.56 Å². The zero-order chi connectivity index (χ0) is 11.5. The number of anilines is 1. The molecule has 0 amide bonds. The second-order valence-electron chi connectivity index (χ2n) is 5.11. The highest BCUT2D eigenvalue weighted by Gasteiger charge is 2.12. The number of nitrogens with one attached hydrogen (secondary N) is 1. The molecule has 0 radical (unpaired) electrons. The third-order valence-electron chi connectivity index (χ3n) is 2.52. The van der Waals surface area contributed by atoms with Gasteiger partial charge in [-0.2, -0.15) is 0 Å². The molecule has 0 spiro atoms. The SMILES string of the molecule is CC(CN)Nc1ccc(C(C)(C)C)cc1. The summed E-state index contributed by atoms with van der Waals surface area (Å²) in [5.74, 6) is 0. The van der Waals surface area contributed by atoms with Gasteiger partial charge in [-0.05, 0) is 30.0 Å². The van der Waals surface area contributed by atoms with Crippen LogP contribution in [-0.4, -0.2) is 12.6 Å². The van der Waals surface area contributed by atoms with E-state index in [1.807, 2.05) is 0 Å². The minimum absolute atomic E-state index is 0.220. The summed E-state index contributed by atoms with van der Waals surface area (Å²) < 4.78 is 0. The summed E-state index contributed by atoms with van der Waals surface area (Å²) in [7, 11) is 0. The van der Waals surface area contributed by atoms with Crippen LogP contribution in [0.4, 0.5) is 5.69 Å². The Morgan fingerprint density at radius 3 is 2.13 bits per heavy atom. The van der Waals surface area contributed by atoms with Gasteiger partial charge in [0.25, 0.3) is 0 Å². The molecule has 3 N–H and O–H groups in total. The van der Waals surface area contributed by atoms with Crippen molar-refractivity contribution in [2.24, 2.45) is 5.73 Å². The Hall–Kier alpha value is -1.02. The molecule has 1 aromatic carbocycles. The van der Waals surface area contributed by atoms with Crippen LogP contribution in [0.25, 0.3) is 0 Å². The van der Waals surface area contributed by atoms with Crippen LogP contribution in [0.2, 0.25) is 0 Å². The van der Waals surface area contributed by atoms with Crippen LogP contribution in [0.1, 0.15) is 33.3 Å². The van der Waals surface area contributed by atoms with Crippen LogP contribution in [0.15, 0.2) is 24.3 Å². The third-order valence-corrected chi connectivity index (χ3v) is 2.52. The number of hydrogen-bond acceptors (Lipinski definition) is 2. The Morgan fingerprint density at radius 2 is 1.73 bits per heavy atom. The van der Waals surface area contributed by atoms with Crippen molar-refractivity contribution in [3.63, 3.8) is 0 Å². The Morgan fingerprint density at radius 1 is 1.20 bits per heavy atom. The van der Waals surface area contributed by atoms with E-state index in [4.69, 9.17) is 5.73 Å². The van der Waals surface area contributed by atoms with Crippen molar-refractivity contribution in [2.75, 3.05) is 11.9 Å². The number of hydrogen-bond donors (Lipinski definition) is 2. The van der Waals surface area contributed by atoms with Crippen LogP contribution in [-0.2, 0) is 5.41 Å².